The topological polar surface area (TPSA) is 134 Å². The highest BCUT2D eigenvalue weighted by atomic mass is 16.6. The van der Waals surface area contributed by atoms with Gasteiger partial charge in [0, 0.05) is 18.2 Å². The number of ether oxygens (including phenoxy) is 3. The molecule has 0 radical (unpaired) electrons. The van der Waals surface area contributed by atoms with E-state index in [0.29, 0.717) is 0 Å². The number of non-ortho nitro benzene ring substituents is 1. The van der Waals surface area contributed by atoms with Gasteiger partial charge in [0.15, 0.2) is 6.10 Å². The summed E-state index contributed by atoms with van der Waals surface area (Å²) in [7, 11) is 1.29. The van der Waals surface area contributed by atoms with Gasteiger partial charge < -0.3 is 19.5 Å². The predicted octanol–water partition coefficient (Wildman–Crippen LogP) is 1.59. The second kappa shape index (κ2) is 9.77. The number of hydrogen-bond acceptors (Lipinski definition) is 8. The van der Waals surface area contributed by atoms with Crippen molar-refractivity contribution in [1.82, 2.24) is 0 Å². The molecule has 1 aromatic rings. The number of methoxy groups -OCH3 is 1. The summed E-state index contributed by atoms with van der Waals surface area (Å²) in [6, 6.07) is 3.63. The fourth-order valence-corrected chi connectivity index (χ4v) is 1.72. The van der Waals surface area contributed by atoms with Crippen LogP contribution in [0.5, 0.6) is 5.75 Å². The van der Waals surface area contributed by atoms with Crippen LogP contribution in [0.2, 0.25) is 0 Å². The smallest absolute Gasteiger partial charge is 0.331 e. The molecule has 0 spiro atoms. The molecule has 10 nitrogen and oxygen atoms in total. The highest BCUT2D eigenvalue weighted by Gasteiger charge is 2.19. The summed E-state index contributed by atoms with van der Waals surface area (Å²) in [6.45, 7) is 3.10. The first kappa shape index (κ1) is 20.6. The second-order valence-electron chi connectivity index (χ2n) is 4.80. The summed E-state index contributed by atoms with van der Waals surface area (Å²) in [6.07, 6.45) is 0.540. The van der Waals surface area contributed by atoms with Crippen molar-refractivity contribution >= 4 is 29.2 Å². The normalized spacial score (nSPS) is 11.5. The molecule has 1 aromatic carbocycles. The maximum Gasteiger partial charge on any atom is 0.331 e. The minimum atomic E-state index is -1.19. The fourth-order valence-electron chi connectivity index (χ4n) is 1.72. The first-order chi connectivity index (χ1) is 12.3. The van der Waals surface area contributed by atoms with Gasteiger partial charge in [0.25, 0.3) is 11.6 Å². The van der Waals surface area contributed by atoms with Crippen LogP contribution in [0.25, 0.3) is 0 Å². The monoisotopic (exact) mass is 366 g/mol. The molecule has 0 fully saturated rings. The van der Waals surface area contributed by atoms with Crippen LogP contribution in [0.3, 0.4) is 0 Å². The molecule has 0 saturated heterocycles. The van der Waals surface area contributed by atoms with E-state index in [1.165, 1.54) is 26.2 Å². The van der Waals surface area contributed by atoms with Crippen LogP contribution in [0.4, 0.5) is 11.4 Å². The van der Waals surface area contributed by atoms with Gasteiger partial charge in [-0.05, 0) is 19.9 Å². The zero-order valence-corrected chi connectivity index (χ0v) is 14.4. The molecule has 0 heterocycles. The van der Waals surface area contributed by atoms with Crippen LogP contribution in [0, 0.1) is 10.1 Å². The Morgan fingerprint density at radius 1 is 1.27 bits per heavy atom. The molecule has 1 N–H and O–H groups in total. The van der Waals surface area contributed by atoms with Gasteiger partial charge in [-0.2, -0.15) is 0 Å². The number of hydrogen-bond donors (Lipinski definition) is 1. The molecule has 1 atom stereocenters. The molecule has 1 amide bonds. The highest BCUT2D eigenvalue weighted by molar-refractivity contribution is 5.98. The van der Waals surface area contributed by atoms with Crippen molar-refractivity contribution in [2.45, 2.75) is 20.0 Å². The Balaban J connectivity index is 2.71. The van der Waals surface area contributed by atoms with E-state index in [1.54, 1.807) is 6.92 Å². The standard InChI is InChI=1S/C16H18N2O8/c1-4-25-14(19)7-8-15(20)26-10(2)16(21)17-12-6-5-11(18(22)23)9-13(12)24-3/h5-10H,4H2,1-3H3,(H,17,21)/b8-7+/t10-/m0/s1. The number of nitrogens with one attached hydrogen (secondary N) is 1. The van der Waals surface area contributed by atoms with Crippen LogP contribution >= 0.6 is 0 Å². The van der Waals surface area contributed by atoms with Gasteiger partial charge in [0.05, 0.1) is 30.4 Å². The van der Waals surface area contributed by atoms with Crippen molar-refractivity contribution in [2.75, 3.05) is 19.0 Å². The summed E-state index contributed by atoms with van der Waals surface area (Å²) in [4.78, 5) is 44.9. The van der Waals surface area contributed by atoms with E-state index in [1.807, 2.05) is 0 Å². The SMILES string of the molecule is CCOC(=O)/C=C/C(=O)O[C@@H](C)C(=O)Nc1ccc([N+](=O)[O-])cc1OC. The van der Waals surface area contributed by atoms with E-state index < -0.39 is 28.9 Å². The van der Waals surface area contributed by atoms with Crippen LogP contribution < -0.4 is 10.1 Å². The lowest BCUT2D eigenvalue weighted by molar-refractivity contribution is -0.384. The molecule has 26 heavy (non-hydrogen) atoms. The van der Waals surface area contributed by atoms with Gasteiger partial charge in [-0.1, -0.05) is 0 Å². The van der Waals surface area contributed by atoms with Crippen LogP contribution in [0.1, 0.15) is 13.8 Å². The van der Waals surface area contributed by atoms with Crippen LogP contribution in [0.15, 0.2) is 30.4 Å². The third-order valence-electron chi connectivity index (χ3n) is 2.96. The van der Waals surface area contributed by atoms with Crippen molar-refractivity contribution in [3.8, 4) is 5.75 Å². The number of nitro benzene ring substituents is 1. The Bertz CT molecular complexity index is 729. The van der Waals surface area contributed by atoms with Crippen molar-refractivity contribution < 1.29 is 33.5 Å². The number of nitro groups is 1. The molecule has 0 bridgehead atoms. The van der Waals surface area contributed by atoms with Gasteiger partial charge in [-0.15, -0.1) is 0 Å². The number of esters is 2. The number of anilines is 1. The fraction of sp³-hybridized carbons (Fsp3) is 0.312. The Morgan fingerprint density at radius 2 is 1.92 bits per heavy atom. The van der Waals surface area contributed by atoms with Crippen molar-refractivity contribution in [1.29, 1.82) is 0 Å². The van der Waals surface area contributed by atoms with Crippen molar-refractivity contribution in [2.24, 2.45) is 0 Å². The van der Waals surface area contributed by atoms with Gasteiger partial charge in [-0.3, -0.25) is 14.9 Å². The number of amides is 1. The largest absolute Gasteiger partial charge is 0.494 e. The maximum atomic E-state index is 12.1. The van der Waals surface area contributed by atoms with Crippen molar-refractivity contribution in [3.63, 3.8) is 0 Å². The number of benzene rings is 1. The Morgan fingerprint density at radius 3 is 2.50 bits per heavy atom. The molecular weight excluding hydrogens is 348 g/mol. The molecule has 0 aliphatic rings. The molecule has 0 saturated carbocycles. The Labute approximate surface area is 148 Å². The summed E-state index contributed by atoms with van der Waals surface area (Å²) >= 11 is 0. The summed E-state index contributed by atoms with van der Waals surface area (Å²) < 4.78 is 14.5. The maximum absolute atomic E-state index is 12.1. The number of rotatable bonds is 8. The average molecular weight is 366 g/mol. The van der Waals surface area contributed by atoms with E-state index in [9.17, 15) is 24.5 Å². The first-order valence-electron chi connectivity index (χ1n) is 7.47. The molecule has 140 valence electrons. The number of carbonyl (C=O) groups is 3. The van der Waals surface area contributed by atoms with Gasteiger partial charge >= 0.3 is 11.9 Å². The first-order valence-corrected chi connectivity index (χ1v) is 7.47. The summed E-state index contributed by atoms with van der Waals surface area (Å²) in [5.74, 6) is -2.23. The van der Waals surface area contributed by atoms with Gasteiger partial charge in [0.1, 0.15) is 5.75 Å². The number of nitrogens with zero attached hydrogens (tertiary/aromatic N) is 1. The average Bonchev–Trinajstić information content (AvgIpc) is 2.60. The lowest BCUT2D eigenvalue weighted by atomic mass is 10.2. The minimum Gasteiger partial charge on any atom is -0.494 e. The Hall–Kier alpha value is -3.43. The molecular formula is C16H18N2O8. The summed E-state index contributed by atoms with van der Waals surface area (Å²) in [5.41, 5.74) is -0.0310. The predicted molar refractivity (Wildman–Crippen MR) is 89.6 cm³/mol. The van der Waals surface area contributed by atoms with E-state index in [2.05, 4.69) is 10.1 Å². The van der Waals surface area contributed by atoms with Gasteiger partial charge in [0.2, 0.25) is 0 Å². The quantitative estimate of drug-likeness (QED) is 0.317. The highest BCUT2D eigenvalue weighted by Crippen LogP contribution is 2.29. The zero-order valence-electron chi connectivity index (χ0n) is 14.4. The lowest BCUT2D eigenvalue weighted by Crippen LogP contribution is -2.29. The molecule has 0 unspecified atom stereocenters. The third-order valence-corrected chi connectivity index (χ3v) is 2.96. The third kappa shape index (κ3) is 6.23. The molecule has 1 rings (SSSR count). The molecule has 0 aliphatic carbocycles. The molecule has 0 aliphatic heterocycles. The Kier molecular flexibility index (Phi) is 7.74. The molecule has 0 aromatic heterocycles. The van der Waals surface area contributed by atoms with E-state index in [-0.39, 0.29) is 23.7 Å². The van der Waals surface area contributed by atoms with Crippen LogP contribution in [-0.2, 0) is 23.9 Å². The van der Waals surface area contributed by atoms with Gasteiger partial charge in [-0.25, -0.2) is 9.59 Å². The number of carbonyl (C=O) groups excluding carboxylic acids is 3. The zero-order chi connectivity index (χ0) is 19.7. The minimum absolute atomic E-state index is 0.0771. The van der Waals surface area contributed by atoms with E-state index >= 15 is 0 Å². The van der Waals surface area contributed by atoms with E-state index in [4.69, 9.17) is 9.47 Å². The lowest BCUT2D eigenvalue weighted by Gasteiger charge is -2.14. The second-order valence-corrected chi connectivity index (χ2v) is 4.80. The molecule has 10 heteroatoms. The van der Waals surface area contributed by atoms with E-state index in [0.717, 1.165) is 18.2 Å². The van der Waals surface area contributed by atoms with Crippen LogP contribution in [-0.4, -0.2) is 42.6 Å². The summed E-state index contributed by atoms with van der Waals surface area (Å²) in [5, 5.41) is 13.2. The van der Waals surface area contributed by atoms with Crippen molar-refractivity contribution in [3.05, 3.63) is 40.5 Å².